The number of nitrogens with zero attached hydrogens (tertiary/aromatic N) is 2. The lowest BCUT2D eigenvalue weighted by Crippen LogP contribution is -2.45. The summed E-state index contributed by atoms with van der Waals surface area (Å²) < 4.78 is 114. The van der Waals surface area contributed by atoms with Crippen LogP contribution in [0.2, 0.25) is 0 Å². The molecule has 0 radical (unpaired) electrons. The summed E-state index contributed by atoms with van der Waals surface area (Å²) in [4.78, 5) is -0.870. The molecule has 12 rings (SSSR count). The van der Waals surface area contributed by atoms with Crippen LogP contribution in [0.15, 0.2) is 117 Å². The molecule has 0 amide bonds. The molecule has 4 N–H and O–H groups in total. The van der Waals surface area contributed by atoms with Crippen molar-refractivity contribution in [2.75, 3.05) is 39.3 Å². The zero-order chi connectivity index (χ0) is 32.0. The van der Waals surface area contributed by atoms with Crippen LogP contribution in [-0.2, 0) is 40.1 Å². The van der Waals surface area contributed by atoms with Gasteiger partial charge in [0, 0.05) is 11.4 Å². The third kappa shape index (κ3) is 5.95. The fourth-order valence-electron chi connectivity index (χ4n) is 4.67. The highest BCUT2D eigenvalue weighted by Crippen LogP contribution is 2.32. The normalized spacial score (nSPS) is 19.9. The molecule has 0 saturated heterocycles. The number of rotatable bonds is 0. The highest BCUT2D eigenvalue weighted by atomic mass is 32.2. The molecule has 4 aromatic rings. The Balaban J connectivity index is 1.61. The van der Waals surface area contributed by atoms with Gasteiger partial charge in [0.05, 0.1) is 44.3 Å². The Bertz CT molecular complexity index is 2020. The number of anilines is 4. The van der Waals surface area contributed by atoms with E-state index in [4.69, 9.17) is 0 Å². The molecule has 0 aromatic heterocycles. The van der Waals surface area contributed by atoms with Crippen LogP contribution in [0.3, 0.4) is 0 Å². The Morgan fingerprint density at radius 2 is 0.756 bits per heavy atom. The van der Waals surface area contributed by atoms with Crippen molar-refractivity contribution in [3.05, 3.63) is 97.1 Å². The molecule has 8 aliphatic heterocycles. The largest absolute Gasteiger partial charge is 0.368 e. The highest BCUT2D eigenvalue weighted by Gasteiger charge is 2.34. The zero-order valence-electron chi connectivity index (χ0n) is 23.2. The summed E-state index contributed by atoms with van der Waals surface area (Å²) in [5, 5.41) is 6.22. The molecular formula is C27H26N6O8S4. The molecule has 8 heterocycles. The van der Waals surface area contributed by atoms with Crippen molar-refractivity contribution in [1.82, 2.24) is 9.44 Å². The average Bonchev–Trinajstić information content (AvgIpc) is 3.01. The van der Waals surface area contributed by atoms with Gasteiger partial charge in [0.2, 0.25) is 20.0 Å². The van der Waals surface area contributed by atoms with Crippen LogP contribution in [0, 0.1) is 0 Å². The van der Waals surface area contributed by atoms with Crippen molar-refractivity contribution in [3.8, 4) is 0 Å². The molecule has 45 heavy (non-hydrogen) atoms. The lowest BCUT2D eigenvalue weighted by molar-refractivity contribution is 0.569. The highest BCUT2D eigenvalue weighted by molar-refractivity contribution is 7.94. The van der Waals surface area contributed by atoms with E-state index in [9.17, 15) is 33.7 Å². The standard InChI is InChI=1S/C27H26N6O8S4/c34-42(35)24-13-5-22(6-14-24)32-19-33(23-7-15-25(16-8-23)43(36,37)31-18-30-42)45(40,41)27-11-3-21(4-12-27)29-17-28-20-1-9-26(10-2-20)44(32,38)39/h1-16,28-31H,17-19H2. The Kier molecular flexibility index (Phi) is 7.74. The van der Waals surface area contributed by atoms with E-state index in [0.29, 0.717) is 11.4 Å². The van der Waals surface area contributed by atoms with Crippen LogP contribution < -0.4 is 28.7 Å². The molecule has 0 aliphatic carbocycles. The predicted octanol–water partition coefficient (Wildman–Crippen LogP) is 2.06. The lowest BCUT2D eigenvalue weighted by Gasteiger charge is -2.32. The van der Waals surface area contributed by atoms with Gasteiger partial charge in [-0.25, -0.2) is 42.3 Å². The number of benzene rings is 4. The van der Waals surface area contributed by atoms with Gasteiger partial charge in [0.1, 0.15) is 6.67 Å². The van der Waals surface area contributed by atoms with Gasteiger partial charge in [-0.2, -0.15) is 9.44 Å². The summed E-state index contributed by atoms with van der Waals surface area (Å²) in [7, 11) is -17.4. The third-order valence-electron chi connectivity index (χ3n) is 7.12. The van der Waals surface area contributed by atoms with Crippen molar-refractivity contribution >= 4 is 62.8 Å². The maximum Gasteiger partial charge on any atom is 0.265 e. The fourth-order valence-corrected chi connectivity index (χ4v) is 9.48. The smallest absolute Gasteiger partial charge is 0.265 e. The van der Waals surface area contributed by atoms with Gasteiger partial charge in [0.15, 0.2) is 0 Å². The Morgan fingerprint density at radius 3 is 1.11 bits per heavy atom. The van der Waals surface area contributed by atoms with Crippen LogP contribution in [0.25, 0.3) is 0 Å². The number of sulfonamides is 4. The van der Waals surface area contributed by atoms with E-state index >= 15 is 0 Å². The number of nitrogens with one attached hydrogen (secondary N) is 4. The van der Waals surface area contributed by atoms with Crippen LogP contribution in [0.4, 0.5) is 22.7 Å². The summed E-state index contributed by atoms with van der Waals surface area (Å²) in [6.45, 7) is -1.21. The summed E-state index contributed by atoms with van der Waals surface area (Å²) >= 11 is 0. The zero-order valence-corrected chi connectivity index (χ0v) is 26.4. The van der Waals surface area contributed by atoms with E-state index in [1.54, 1.807) is 24.3 Å². The molecule has 8 aliphatic rings. The maximum absolute atomic E-state index is 14.2. The molecule has 10 bridgehead atoms. The van der Waals surface area contributed by atoms with E-state index in [0.717, 1.165) is 32.9 Å². The van der Waals surface area contributed by atoms with Gasteiger partial charge in [-0.05, 0) is 97.1 Å². The minimum absolute atomic E-state index is 0.0265. The number of hydrogen-bond donors (Lipinski definition) is 4. The van der Waals surface area contributed by atoms with Crippen molar-refractivity contribution in [2.45, 2.75) is 19.6 Å². The summed E-state index contributed by atoms with van der Waals surface area (Å²) in [5.74, 6) is 0. The summed E-state index contributed by atoms with van der Waals surface area (Å²) in [6, 6.07) is 21.2. The van der Waals surface area contributed by atoms with E-state index in [2.05, 4.69) is 20.1 Å². The van der Waals surface area contributed by atoms with Gasteiger partial charge in [-0.3, -0.25) is 0 Å². The molecule has 0 atom stereocenters. The number of hydrogen-bond acceptors (Lipinski definition) is 10. The molecule has 0 saturated carbocycles. The lowest BCUT2D eigenvalue weighted by atomic mass is 10.3. The van der Waals surface area contributed by atoms with E-state index < -0.39 is 53.4 Å². The van der Waals surface area contributed by atoms with E-state index in [1.165, 1.54) is 48.5 Å². The van der Waals surface area contributed by atoms with Crippen molar-refractivity contribution < 1.29 is 33.7 Å². The van der Waals surface area contributed by atoms with Crippen molar-refractivity contribution in [1.29, 1.82) is 0 Å². The third-order valence-corrected chi connectivity index (χ3v) is 13.5. The van der Waals surface area contributed by atoms with Crippen LogP contribution in [-0.4, -0.2) is 53.7 Å². The topological polar surface area (TPSA) is 191 Å². The maximum atomic E-state index is 14.2. The Hall–Kier alpha value is -4.20. The van der Waals surface area contributed by atoms with Crippen LogP contribution in [0.1, 0.15) is 0 Å². The first kappa shape index (κ1) is 30.8. The molecular weight excluding hydrogens is 665 g/mol. The fraction of sp³-hybridized carbons (Fsp3) is 0.111. The van der Waals surface area contributed by atoms with E-state index in [-0.39, 0.29) is 37.6 Å². The minimum atomic E-state index is -4.48. The summed E-state index contributed by atoms with van der Waals surface area (Å²) in [5.41, 5.74) is 1.19. The average molecular weight is 691 g/mol. The second-order valence-corrected chi connectivity index (χ2v) is 17.1. The van der Waals surface area contributed by atoms with Gasteiger partial charge in [-0.1, -0.05) is 0 Å². The SMILES string of the molecule is O=S1(=O)NCNS(=O)(=O)c2ccc(cc2)N2CN(c3ccc1cc3)S(=O)(=O)c1ccc(cc1)NCNc1ccc(cc1)S2(=O)=O. The first-order chi connectivity index (χ1) is 21.3. The summed E-state index contributed by atoms with van der Waals surface area (Å²) in [6.07, 6.45) is 0. The first-order valence-electron chi connectivity index (χ1n) is 13.2. The van der Waals surface area contributed by atoms with Crippen LogP contribution in [0.5, 0.6) is 0 Å². The van der Waals surface area contributed by atoms with Gasteiger partial charge in [-0.15, -0.1) is 0 Å². The second kappa shape index (κ2) is 11.3. The van der Waals surface area contributed by atoms with Gasteiger partial charge in [0.25, 0.3) is 20.0 Å². The molecule has 236 valence electrons. The Morgan fingerprint density at radius 1 is 0.422 bits per heavy atom. The second-order valence-electron chi connectivity index (χ2n) is 9.89. The molecule has 0 fully saturated rings. The molecule has 0 unspecified atom stereocenters. The predicted molar refractivity (Wildman–Crippen MR) is 168 cm³/mol. The van der Waals surface area contributed by atoms with Crippen molar-refractivity contribution in [2.24, 2.45) is 0 Å². The van der Waals surface area contributed by atoms with Gasteiger partial charge >= 0.3 is 0 Å². The van der Waals surface area contributed by atoms with E-state index in [1.807, 2.05) is 0 Å². The Labute approximate surface area is 260 Å². The van der Waals surface area contributed by atoms with Crippen LogP contribution >= 0.6 is 0 Å². The molecule has 0 spiro atoms. The van der Waals surface area contributed by atoms with Gasteiger partial charge < -0.3 is 10.6 Å². The quantitative estimate of drug-likeness (QED) is 0.212. The first-order valence-corrected chi connectivity index (χ1v) is 19.0. The monoisotopic (exact) mass is 690 g/mol. The minimum Gasteiger partial charge on any atom is -0.368 e. The van der Waals surface area contributed by atoms with Crippen molar-refractivity contribution in [3.63, 3.8) is 0 Å². The molecule has 18 heteroatoms. The molecule has 4 aromatic carbocycles. The molecule has 14 nitrogen and oxygen atoms in total.